The number of nitrogens with zero attached hydrogens (tertiary/aromatic N) is 1. The molecule has 1 fully saturated rings. The minimum Gasteiger partial charge on any atom is -0.493 e. The first-order valence-electron chi connectivity index (χ1n) is 7.04. The molecule has 1 saturated carbocycles. The number of hydrogen-bond acceptors (Lipinski definition) is 4. The molecule has 0 amide bonds. The van der Waals surface area contributed by atoms with Crippen molar-refractivity contribution in [2.24, 2.45) is 4.99 Å². The zero-order chi connectivity index (χ0) is 15.6. The Morgan fingerprint density at radius 3 is 2.38 bits per heavy atom. The van der Waals surface area contributed by atoms with Crippen molar-refractivity contribution in [3.05, 3.63) is 22.2 Å². The maximum absolute atomic E-state index is 10.9. The van der Waals surface area contributed by atoms with Gasteiger partial charge in [0, 0.05) is 5.56 Å². The van der Waals surface area contributed by atoms with E-state index in [0.717, 1.165) is 30.4 Å². The van der Waals surface area contributed by atoms with Gasteiger partial charge in [0.25, 0.3) is 0 Å². The third-order valence-corrected chi connectivity index (χ3v) is 4.57. The Morgan fingerprint density at radius 2 is 2.00 bits per heavy atom. The monoisotopic (exact) mass is 309 g/mol. The van der Waals surface area contributed by atoms with Crippen LogP contribution in [0.4, 0.5) is 0 Å². The molecule has 0 saturated heterocycles. The number of aliphatic imine (C=N–C) groups is 1. The molecule has 5 heteroatoms. The van der Waals surface area contributed by atoms with E-state index >= 15 is 0 Å². The van der Waals surface area contributed by atoms with Crippen molar-refractivity contribution in [1.29, 1.82) is 0 Å². The van der Waals surface area contributed by atoms with E-state index in [4.69, 9.17) is 21.1 Å². The normalized spacial score (nSPS) is 16.1. The zero-order valence-corrected chi connectivity index (χ0v) is 13.6. The Kier molecular flexibility index (Phi) is 4.60. The standard InChI is InChI=1S/C16H20ClNO3/c1-10(2)11-8-12(20-3)15(21-4)13(14(11)17)16(18-9-19)6-5-7-16/h8,10H,5-7H2,1-4H3. The van der Waals surface area contributed by atoms with Crippen LogP contribution in [0.3, 0.4) is 0 Å². The fourth-order valence-electron chi connectivity index (χ4n) is 2.84. The lowest BCUT2D eigenvalue weighted by Gasteiger charge is -2.39. The summed E-state index contributed by atoms with van der Waals surface area (Å²) in [5, 5.41) is 0.612. The van der Waals surface area contributed by atoms with Crippen LogP contribution in [0.15, 0.2) is 11.1 Å². The number of methoxy groups -OCH3 is 2. The maximum atomic E-state index is 10.9. The molecule has 0 bridgehead atoms. The van der Waals surface area contributed by atoms with Gasteiger partial charge >= 0.3 is 0 Å². The second kappa shape index (κ2) is 6.08. The summed E-state index contributed by atoms with van der Waals surface area (Å²) >= 11 is 6.62. The molecule has 21 heavy (non-hydrogen) atoms. The molecule has 0 aromatic heterocycles. The molecule has 0 spiro atoms. The van der Waals surface area contributed by atoms with E-state index in [9.17, 15) is 4.79 Å². The summed E-state index contributed by atoms with van der Waals surface area (Å²) in [5.41, 5.74) is 1.10. The molecule has 4 nitrogen and oxygen atoms in total. The van der Waals surface area contributed by atoms with Crippen molar-refractivity contribution >= 4 is 17.7 Å². The van der Waals surface area contributed by atoms with Gasteiger partial charge in [-0.3, -0.25) is 0 Å². The first kappa shape index (κ1) is 15.9. The third-order valence-electron chi connectivity index (χ3n) is 4.16. The third kappa shape index (κ3) is 2.54. The zero-order valence-electron chi connectivity index (χ0n) is 12.8. The molecule has 1 aliphatic carbocycles. The number of benzene rings is 1. The van der Waals surface area contributed by atoms with Gasteiger partial charge in [0.1, 0.15) is 5.54 Å². The van der Waals surface area contributed by atoms with Crippen LogP contribution in [0.25, 0.3) is 0 Å². The van der Waals surface area contributed by atoms with Crippen molar-refractivity contribution in [3.63, 3.8) is 0 Å². The Labute approximate surface area is 130 Å². The van der Waals surface area contributed by atoms with Gasteiger partial charge < -0.3 is 9.47 Å². The van der Waals surface area contributed by atoms with Crippen molar-refractivity contribution in [2.75, 3.05) is 14.2 Å². The first-order chi connectivity index (χ1) is 10.0. The van der Waals surface area contributed by atoms with Gasteiger partial charge in [0.2, 0.25) is 6.08 Å². The summed E-state index contributed by atoms with van der Waals surface area (Å²) in [4.78, 5) is 14.9. The maximum Gasteiger partial charge on any atom is 0.235 e. The highest BCUT2D eigenvalue weighted by molar-refractivity contribution is 6.32. The van der Waals surface area contributed by atoms with Crippen LogP contribution in [0.5, 0.6) is 11.5 Å². The van der Waals surface area contributed by atoms with Gasteiger partial charge in [-0.2, -0.15) is 4.99 Å². The molecule has 0 radical (unpaired) electrons. The number of isocyanates is 1. The van der Waals surface area contributed by atoms with E-state index in [1.54, 1.807) is 20.3 Å². The van der Waals surface area contributed by atoms with Crippen LogP contribution in [0, 0.1) is 0 Å². The molecule has 0 atom stereocenters. The van der Waals surface area contributed by atoms with Gasteiger partial charge in [-0.1, -0.05) is 25.4 Å². The fourth-order valence-corrected chi connectivity index (χ4v) is 3.38. The number of ether oxygens (including phenoxy) is 2. The highest BCUT2D eigenvalue weighted by atomic mass is 35.5. The number of hydrogen-bond donors (Lipinski definition) is 0. The van der Waals surface area contributed by atoms with Crippen molar-refractivity contribution < 1.29 is 14.3 Å². The van der Waals surface area contributed by atoms with Gasteiger partial charge in [0.15, 0.2) is 11.5 Å². The Bertz CT molecular complexity index is 588. The Hall–Kier alpha value is -1.51. The molecule has 114 valence electrons. The van der Waals surface area contributed by atoms with Crippen molar-refractivity contribution in [2.45, 2.75) is 44.6 Å². The van der Waals surface area contributed by atoms with E-state index < -0.39 is 5.54 Å². The molecular weight excluding hydrogens is 290 g/mol. The number of halogens is 1. The van der Waals surface area contributed by atoms with Crippen LogP contribution in [0.2, 0.25) is 5.02 Å². The minimum absolute atomic E-state index is 0.230. The number of carbonyl (C=O) groups excluding carboxylic acids is 1. The van der Waals surface area contributed by atoms with E-state index in [-0.39, 0.29) is 5.92 Å². The lowest BCUT2D eigenvalue weighted by molar-refractivity contribution is 0.242. The van der Waals surface area contributed by atoms with Gasteiger partial charge in [0.05, 0.1) is 19.2 Å². The highest BCUT2D eigenvalue weighted by Crippen LogP contribution is 2.54. The molecule has 0 unspecified atom stereocenters. The molecular formula is C16H20ClNO3. The van der Waals surface area contributed by atoms with Crippen LogP contribution in [0.1, 0.15) is 50.2 Å². The lowest BCUT2D eigenvalue weighted by Crippen LogP contribution is -2.33. The number of rotatable bonds is 5. The minimum atomic E-state index is -0.623. The predicted octanol–water partition coefficient (Wildman–Crippen LogP) is 4.20. The van der Waals surface area contributed by atoms with Gasteiger partial charge in [-0.15, -0.1) is 0 Å². The summed E-state index contributed by atoms with van der Waals surface area (Å²) in [6.45, 7) is 4.13. The summed E-state index contributed by atoms with van der Waals surface area (Å²) < 4.78 is 11.0. The average molecular weight is 310 g/mol. The van der Waals surface area contributed by atoms with E-state index in [2.05, 4.69) is 18.8 Å². The first-order valence-corrected chi connectivity index (χ1v) is 7.42. The van der Waals surface area contributed by atoms with E-state index in [0.29, 0.717) is 16.5 Å². The van der Waals surface area contributed by atoms with Crippen LogP contribution < -0.4 is 9.47 Å². The second-order valence-corrected chi connectivity index (χ2v) is 6.01. The lowest BCUT2D eigenvalue weighted by atomic mass is 9.71. The molecule has 0 heterocycles. The van der Waals surface area contributed by atoms with Gasteiger partial charge in [-0.25, -0.2) is 4.79 Å². The molecule has 0 N–H and O–H groups in total. The fraction of sp³-hybridized carbons (Fsp3) is 0.562. The molecule has 1 aromatic rings. The van der Waals surface area contributed by atoms with Gasteiger partial charge in [-0.05, 0) is 36.8 Å². The Morgan fingerprint density at radius 1 is 1.33 bits per heavy atom. The second-order valence-electron chi connectivity index (χ2n) is 5.63. The quantitative estimate of drug-likeness (QED) is 0.605. The Balaban J connectivity index is 2.78. The molecule has 1 aromatic carbocycles. The summed E-state index contributed by atoms with van der Waals surface area (Å²) in [6.07, 6.45) is 4.23. The SMILES string of the molecule is COc1cc(C(C)C)c(Cl)c(C2(N=C=O)CCC2)c1OC. The summed E-state index contributed by atoms with van der Waals surface area (Å²) in [6, 6.07) is 1.90. The molecule has 2 rings (SSSR count). The van der Waals surface area contributed by atoms with Crippen LogP contribution in [-0.2, 0) is 10.3 Å². The van der Waals surface area contributed by atoms with Crippen LogP contribution >= 0.6 is 11.6 Å². The van der Waals surface area contributed by atoms with E-state index in [1.165, 1.54) is 0 Å². The summed E-state index contributed by atoms with van der Waals surface area (Å²) in [7, 11) is 3.17. The molecule has 1 aliphatic rings. The largest absolute Gasteiger partial charge is 0.493 e. The predicted molar refractivity (Wildman–Crippen MR) is 82.3 cm³/mol. The smallest absolute Gasteiger partial charge is 0.235 e. The van der Waals surface area contributed by atoms with Crippen molar-refractivity contribution in [3.8, 4) is 11.5 Å². The molecule has 0 aliphatic heterocycles. The topological polar surface area (TPSA) is 47.9 Å². The van der Waals surface area contributed by atoms with E-state index in [1.807, 2.05) is 6.07 Å². The highest BCUT2D eigenvalue weighted by Gasteiger charge is 2.44. The van der Waals surface area contributed by atoms with Crippen molar-refractivity contribution in [1.82, 2.24) is 0 Å². The van der Waals surface area contributed by atoms with Crippen LogP contribution in [-0.4, -0.2) is 20.3 Å². The summed E-state index contributed by atoms with van der Waals surface area (Å²) in [5.74, 6) is 1.41. The average Bonchev–Trinajstić information content (AvgIpc) is 2.42.